The van der Waals surface area contributed by atoms with Crippen LogP contribution >= 0.6 is 23.2 Å². The number of carbonyl (C=O) groups excluding carboxylic acids is 1. The van der Waals surface area contributed by atoms with E-state index in [9.17, 15) is 4.79 Å². The molecule has 0 saturated heterocycles. The molecule has 1 aliphatic carbocycles. The van der Waals surface area contributed by atoms with Gasteiger partial charge in [0.15, 0.2) is 0 Å². The molecule has 0 N–H and O–H groups in total. The minimum atomic E-state index is -0.186. The number of carbonyl (C=O) groups is 1. The van der Waals surface area contributed by atoms with E-state index >= 15 is 0 Å². The fourth-order valence-corrected chi connectivity index (χ4v) is 2.11. The number of nitrogens with zero attached hydrogens (tertiary/aromatic N) is 2. The third kappa shape index (κ3) is 3.16. The van der Waals surface area contributed by atoms with Gasteiger partial charge in [0, 0.05) is 6.54 Å². The van der Waals surface area contributed by atoms with Crippen LogP contribution in [0, 0.1) is 18.3 Å². The van der Waals surface area contributed by atoms with Crippen LogP contribution in [-0.2, 0) is 0 Å². The number of pyridine rings is 1. The zero-order chi connectivity index (χ0) is 13.1. The van der Waals surface area contributed by atoms with E-state index in [4.69, 9.17) is 29.6 Å². The molecule has 0 radical (unpaired) electrons. The van der Waals surface area contributed by atoms with Crippen molar-refractivity contribution in [3.8, 4) is 12.3 Å². The standard InChI is InChI=1S/C13H12Cl2N2O/c1-2-7-17(8-9-3-4-9)13(18)10-5-6-11(14)16-12(10)15/h1,5-6,9H,3-4,7-8H2. The summed E-state index contributed by atoms with van der Waals surface area (Å²) < 4.78 is 0. The van der Waals surface area contributed by atoms with Gasteiger partial charge in [0.1, 0.15) is 10.3 Å². The molecule has 1 aromatic rings. The molecule has 0 atom stereocenters. The van der Waals surface area contributed by atoms with E-state index in [0.717, 1.165) is 12.8 Å². The molecular weight excluding hydrogens is 271 g/mol. The lowest BCUT2D eigenvalue weighted by Crippen LogP contribution is -2.33. The first-order chi connectivity index (χ1) is 8.61. The van der Waals surface area contributed by atoms with Crippen LogP contribution in [0.1, 0.15) is 23.2 Å². The topological polar surface area (TPSA) is 33.2 Å². The highest BCUT2D eigenvalue weighted by Gasteiger charge is 2.27. The first kappa shape index (κ1) is 13.2. The minimum Gasteiger partial charge on any atom is -0.327 e. The minimum absolute atomic E-state index is 0.116. The summed E-state index contributed by atoms with van der Waals surface area (Å²) in [4.78, 5) is 17.8. The SMILES string of the molecule is C#CCN(CC1CC1)C(=O)c1ccc(Cl)nc1Cl. The molecule has 1 aliphatic rings. The van der Waals surface area contributed by atoms with Gasteiger partial charge in [-0.2, -0.15) is 0 Å². The lowest BCUT2D eigenvalue weighted by Gasteiger charge is -2.20. The average molecular weight is 283 g/mol. The Morgan fingerprint density at radius 3 is 2.78 bits per heavy atom. The summed E-state index contributed by atoms with van der Waals surface area (Å²) >= 11 is 11.6. The van der Waals surface area contributed by atoms with Crippen molar-refractivity contribution in [3.63, 3.8) is 0 Å². The van der Waals surface area contributed by atoms with E-state index < -0.39 is 0 Å². The Kier molecular flexibility index (Phi) is 4.11. The molecule has 0 unspecified atom stereocenters. The maximum atomic E-state index is 12.3. The van der Waals surface area contributed by atoms with E-state index in [1.54, 1.807) is 17.0 Å². The second-order valence-electron chi connectivity index (χ2n) is 4.31. The van der Waals surface area contributed by atoms with Crippen molar-refractivity contribution >= 4 is 29.1 Å². The molecule has 0 aromatic carbocycles. The summed E-state index contributed by atoms with van der Waals surface area (Å²) in [7, 11) is 0. The highest BCUT2D eigenvalue weighted by atomic mass is 35.5. The van der Waals surface area contributed by atoms with E-state index in [0.29, 0.717) is 18.0 Å². The van der Waals surface area contributed by atoms with Crippen LogP contribution in [0.25, 0.3) is 0 Å². The maximum absolute atomic E-state index is 12.3. The largest absolute Gasteiger partial charge is 0.327 e. The molecule has 1 amide bonds. The van der Waals surface area contributed by atoms with Crippen molar-refractivity contribution in [2.75, 3.05) is 13.1 Å². The molecule has 0 aliphatic heterocycles. The quantitative estimate of drug-likeness (QED) is 0.629. The van der Waals surface area contributed by atoms with Gasteiger partial charge < -0.3 is 4.90 Å². The van der Waals surface area contributed by atoms with Crippen LogP contribution in [0.5, 0.6) is 0 Å². The molecule has 94 valence electrons. The molecule has 1 heterocycles. The second-order valence-corrected chi connectivity index (χ2v) is 5.05. The number of aromatic nitrogens is 1. The number of amides is 1. The van der Waals surface area contributed by atoms with E-state index in [-0.39, 0.29) is 22.8 Å². The lowest BCUT2D eigenvalue weighted by atomic mass is 10.2. The zero-order valence-corrected chi connectivity index (χ0v) is 11.2. The lowest BCUT2D eigenvalue weighted by molar-refractivity contribution is 0.0769. The van der Waals surface area contributed by atoms with Gasteiger partial charge in [0.2, 0.25) is 0 Å². The summed E-state index contributed by atoms with van der Waals surface area (Å²) in [5.41, 5.74) is 0.344. The van der Waals surface area contributed by atoms with Gasteiger partial charge in [0.05, 0.1) is 12.1 Å². The predicted octanol–water partition coefficient (Wildman–Crippen LogP) is 2.87. The van der Waals surface area contributed by atoms with Crippen molar-refractivity contribution in [1.82, 2.24) is 9.88 Å². The Morgan fingerprint density at radius 2 is 2.22 bits per heavy atom. The van der Waals surface area contributed by atoms with E-state index in [2.05, 4.69) is 10.9 Å². The normalized spacial score (nSPS) is 14.1. The molecule has 1 saturated carbocycles. The fourth-order valence-electron chi connectivity index (χ4n) is 1.68. The fraction of sp³-hybridized carbons (Fsp3) is 0.385. The third-order valence-electron chi connectivity index (χ3n) is 2.79. The molecule has 0 bridgehead atoms. The van der Waals surface area contributed by atoms with Gasteiger partial charge >= 0.3 is 0 Å². The molecular formula is C13H12Cl2N2O. The van der Waals surface area contributed by atoms with Gasteiger partial charge in [-0.15, -0.1) is 6.42 Å². The number of hydrogen-bond donors (Lipinski definition) is 0. The maximum Gasteiger partial charge on any atom is 0.257 e. The molecule has 3 nitrogen and oxygen atoms in total. The third-order valence-corrected chi connectivity index (χ3v) is 3.29. The molecule has 5 heteroatoms. The Morgan fingerprint density at radius 1 is 1.50 bits per heavy atom. The smallest absolute Gasteiger partial charge is 0.257 e. The van der Waals surface area contributed by atoms with Crippen molar-refractivity contribution in [2.45, 2.75) is 12.8 Å². The summed E-state index contributed by atoms with van der Waals surface area (Å²) in [5, 5.41) is 0.382. The van der Waals surface area contributed by atoms with Crippen LogP contribution in [0.4, 0.5) is 0 Å². The number of hydrogen-bond acceptors (Lipinski definition) is 2. The van der Waals surface area contributed by atoms with Gasteiger partial charge in [-0.25, -0.2) is 4.98 Å². The summed E-state index contributed by atoms with van der Waals surface area (Å²) in [6.07, 6.45) is 7.60. The van der Waals surface area contributed by atoms with Gasteiger partial charge in [0.25, 0.3) is 5.91 Å². The molecule has 0 spiro atoms. The molecule has 1 aromatic heterocycles. The predicted molar refractivity (Wildman–Crippen MR) is 71.7 cm³/mol. The van der Waals surface area contributed by atoms with Crippen LogP contribution < -0.4 is 0 Å². The molecule has 2 rings (SSSR count). The van der Waals surface area contributed by atoms with Crippen LogP contribution in [0.3, 0.4) is 0 Å². The van der Waals surface area contributed by atoms with Crippen LogP contribution in [0.2, 0.25) is 10.3 Å². The van der Waals surface area contributed by atoms with Crippen molar-refractivity contribution in [2.24, 2.45) is 5.92 Å². The molecule has 18 heavy (non-hydrogen) atoms. The van der Waals surface area contributed by atoms with E-state index in [1.807, 2.05) is 0 Å². The van der Waals surface area contributed by atoms with Crippen LogP contribution in [-0.4, -0.2) is 28.9 Å². The van der Waals surface area contributed by atoms with E-state index in [1.165, 1.54) is 0 Å². The number of rotatable bonds is 4. The van der Waals surface area contributed by atoms with Crippen molar-refractivity contribution in [3.05, 3.63) is 28.0 Å². The Hall–Kier alpha value is -1.24. The first-order valence-corrected chi connectivity index (χ1v) is 6.42. The highest BCUT2D eigenvalue weighted by molar-refractivity contribution is 6.34. The van der Waals surface area contributed by atoms with Gasteiger partial charge in [-0.3, -0.25) is 4.79 Å². The van der Waals surface area contributed by atoms with Crippen molar-refractivity contribution < 1.29 is 4.79 Å². The first-order valence-electron chi connectivity index (χ1n) is 5.66. The zero-order valence-electron chi connectivity index (χ0n) is 9.70. The molecule has 1 fully saturated rings. The van der Waals surface area contributed by atoms with Crippen molar-refractivity contribution in [1.29, 1.82) is 0 Å². The number of terminal acetylenes is 1. The second kappa shape index (κ2) is 5.60. The van der Waals surface area contributed by atoms with Crippen LogP contribution in [0.15, 0.2) is 12.1 Å². The summed E-state index contributed by atoms with van der Waals surface area (Å²) in [6, 6.07) is 3.13. The Labute approximate surface area is 116 Å². The average Bonchev–Trinajstić information content (AvgIpc) is 3.11. The number of halogens is 2. The van der Waals surface area contributed by atoms with Gasteiger partial charge in [-0.1, -0.05) is 29.1 Å². The summed E-state index contributed by atoms with van der Waals surface area (Å²) in [5.74, 6) is 2.88. The monoisotopic (exact) mass is 282 g/mol. The summed E-state index contributed by atoms with van der Waals surface area (Å²) in [6.45, 7) is 0.969. The Balaban J connectivity index is 2.18. The Bertz CT molecular complexity index is 506. The van der Waals surface area contributed by atoms with Gasteiger partial charge in [-0.05, 0) is 30.9 Å². The highest BCUT2D eigenvalue weighted by Crippen LogP contribution is 2.30.